The van der Waals surface area contributed by atoms with Crippen molar-refractivity contribution in [2.45, 2.75) is 39.0 Å². The van der Waals surface area contributed by atoms with Crippen molar-refractivity contribution in [3.05, 3.63) is 11.8 Å². The highest BCUT2D eigenvalue weighted by molar-refractivity contribution is 6.99. The van der Waals surface area contributed by atoms with Gasteiger partial charge in [-0.3, -0.25) is 0 Å². The molecule has 1 aromatic heterocycles. The molecule has 2 heterocycles. The lowest BCUT2D eigenvalue weighted by atomic mass is 10.1. The van der Waals surface area contributed by atoms with Gasteiger partial charge in [0.05, 0.1) is 21.0 Å². The molecule has 1 aliphatic rings. The average molecular weight is 290 g/mol. The lowest BCUT2D eigenvalue weighted by Gasteiger charge is -2.22. The lowest BCUT2D eigenvalue weighted by Crippen LogP contribution is -2.25. The van der Waals surface area contributed by atoms with Crippen LogP contribution in [0.2, 0.25) is 0 Å². The average Bonchev–Trinajstić information content (AvgIpc) is 2.91. The molecule has 1 aliphatic heterocycles. The van der Waals surface area contributed by atoms with E-state index in [1.165, 1.54) is 6.08 Å². The molecule has 19 heavy (non-hydrogen) atoms. The lowest BCUT2D eigenvalue weighted by molar-refractivity contribution is 0.294. The van der Waals surface area contributed by atoms with Crippen LogP contribution in [0.3, 0.4) is 0 Å². The Labute approximate surface area is 132 Å². The summed E-state index contributed by atoms with van der Waals surface area (Å²) in [5, 5.41) is 0. The summed E-state index contributed by atoms with van der Waals surface area (Å²) in [6.07, 6.45) is 3.33. The fourth-order valence-corrected chi connectivity index (χ4v) is 2.07. The smallest absolute Gasteiger partial charge is 0.253 e. The van der Waals surface area contributed by atoms with Gasteiger partial charge in [-0.2, -0.15) is 4.37 Å². The van der Waals surface area contributed by atoms with Crippen LogP contribution in [0.15, 0.2) is 6.08 Å². The molecule has 106 valence electrons. The Morgan fingerprint density at radius 3 is 3.32 bits per heavy atom. The monoisotopic (exact) mass is 290 g/mol. The molecule has 0 aromatic carbocycles. The molecule has 5 heteroatoms. The highest BCUT2D eigenvalue weighted by atomic mass is 32.1. The van der Waals surface area contributed by atoms with Gasteiger partial charge in [-0.05, 0) is 25.4 Å². The van der Waals surface area contributed by atoms with Crippen LogP contribution >= 0.6 is 11.7 Å². The molecule has 0 amide bonds. The summed E-state index contributed by atoms with van der Waals surface area (Å²) in [5.74, 6) is -0.227. The maximum Gasteiger partial charge on any atom is 0.253 e. The van der Waals surface area contributed by atoms with Gasteiger partial charge in [-0.15, -0.1) is 4.37 Å². The van der Waals surface area contributed by atoms with Gasteiger partial charge in [-0.25, -0.2) is 0 Å². The Morgan fingerprint density at radius 1 is 1.53 bits per heavy atom. The molecule has 2 rings (SSSR count). The zero-order chi connectivity index (χ0) is 21.4. The number of likely N-dealkylation sites (N-methyl/N-ethyl adjacent to an activating group) is 1. The third-order valence-electron chi connectivity index (χ3n) is 2.55. The van der Waals surface area contributed by atoms with E-state index in [2.05, 4.69) is 8.75 Å². The zero-order valence-corrected chi connectivity index (χ0v) is 11.6. The quantitative estimate of drug-likeness (QED) is 0.723. The van der Waals surface area contributed by atoms with Gasteiger partial charge in [0.15, 0.2) is 0 Å². The van der Waals surface area contributed by atoms with Crippen molar-refractivity contribution in [1.82, 2.24) is 13.6 Å². The van der Waals surface area contributed by atoms with Crippen molar-refractivity contribution in [2.24, 2.45) is 0 Å². The first-order valence-electron chi connectivity index (χ1n) is 10.8. The van der Waals surface area contributed by atoms with Crippen molar-refractivity contribution in [3.8, 4) is 5.88 Å². The van der Waals surface area contributed by atoms with Gasteiger partial charge < -0.3 is 9.64 Å². The summed E-state index contributed by atoms with van der Waals surface area (Å²) < 4.78 is 84.4. The summed E-state index contributed by atoms with van der Waals surface area (Å²) in [6, 6.07) is 0. The minimum Gasteiger partial charge on any atom is -0.475 e. The summed E-state index contributed by atoms with van der Waals surface area (Å²) in [7, 11) is 0. The molecule has 1 aromatic rings. The van der Waals surface area contributed by atoms with Crippen molar-refractivity contribution in [2.75, 3.05) is 26.5 Å². The van der Waals surface area contributed by atoms with Crippen LogP contribution in [0, 0.1) is 0 Å². The first-order valence-corrected chi connectivity index (χ1v) is 6.98. The second-order valence-corrected chi connectivity index (χ2v) is 4.58. The minimum atomic E-state index is -3.04. The van der Waals surface area contributed by atoms with E-state index in [1.807, 2.05) is 6.92 Å². The Hall–Kier alpha value is -0.940. The van der Waals surface area contributed by atoms with Gasteiger partial charge in [0, 0.05) is 22.6 Å². The van der Waals surface area contributed by atoms with Gasteiger partial charge >= 0.3 is 0 Å². The zero-order valence-electron chi connectivity index (χ0n) is 19.8. The van der Waals surface area contributed by atoms with Crippen LogP contribution in [0.5, 0.6) is 5.88 Å². The molecule has 0 N–H and O–H groups in total. The molecule has 0 bridgehead atoms. The van der Waals surface area contributed by atoms with Crippen molar-refractivity contribution in [1.29, 1.82) is 0 Å². The van der Waals surface area contributed by atoms with E-state index in [0.717, 1.165) is 12.8 Å². The van der Waals surface area contributed by atoms with Gasteiger partial charge in [0.1, 0.15) is 5.69 Å². The Balaban J connectivity index is 2.36. The van der Waals surface area contributed by atoms with Crippen molar-refractivity contribution in [3.63, 3.8) is 0 Å². The summed E-state index contributed by atoms with van der Waals surface area (Å²) in [5.41, 5.74) is -0.314. The first-order chi connectivity index (χ1) is 12.7. The molecular weight excluding hydrogens is 258 g/mol. The van der Waals surface area contributed by atoms with Crippen LogP contribution in [0.4, 0.5) is 0 Å². The fourth-order valence-electron chi connectivity index (χ4n) is 1.57. The molecule has 0 aliphatic carbocycles. The van der Waals surface area contributed by atoms with E-state index in [9.17, 15) is 0 Å². The van der Waals surface area contributed by atoms with Gasteiger partial charge in [-0.1, -0.05) is 32.3 Å². The summed E-state index contributed by atoms with van der Waals surface area (Å²) in [4.78, 5) is 0.196. The van der Waals surface area contributed by atoms with E-state index < -0.39 is 26.5 Å². The number of ether oxygens (including phenoxy) is 1. The van der Waals surface area contributed by atoms with Gasteiger partial charge in [0.25, 0.3) is 5.88 Å². The number of nitrogens with zero attached hydrogens (tertiary/aromatic N) is 3. The predicted molar refractivity (Wildman–Crippen MR) is 79.6 cm³/mol. The molecule has 0 atom stereocenters. The van der Waals surface area contributed by atoms with Crippen LogP contribution in [-0.4, -0.2) is 40.2 Å². The number of hydrogen-bond acceptors (Lipinski definition) is 5. The second-order valence-electron chi connectivity index (χ2n) is 4.05. The topological polar surface area (TPSA) is 38.3 Å². The highest BCUT2D eigenvalue weighted by Crippen LogP contribution is 2.27. The maximum absolute atomic E-state index is 8.30. The summed E-state index contributed by atoms with van der Waals surface area (Å²) >= 11 is 0.686. The van der Waals surface area contributed by atoms with Crippen LogP contribution < -0.4 is 4.74 Å². The van der Waals surface area contributed by atoms with Gasteiger partial charge in [0.2, 0.25) is 0 Å². The Bertz CT molecular complexity index is 717. The van der Waals surface area contributed by atoms with E-state index in [0.29, 0.717) is 18.1 Å². The minimum absolute atomic E-state index is 0.112. The van der Waals surface area contributed by atoms with E-state index >= 15 is 0 Å². The third-order valence-corrected chi connectivity index (χ3v) is 3.06. The molecule has 0 saturated carbocycles. The largest absolute Gasteiger partial charge is 0.475 e. The number of aromatic nitrogens is 2. The number of unbranched alkanes of at least 4 members (excludes halogenated alkanes) is 2. The summed E-state index contributed by atoms with van der Waals surface area (Å²) in [6.45, 7) is -8.25. The molecular formula is C14H23N3OS. The Kier molecular flexibility index (Phi) is 2.67. The molecule has 0 radical (unpaired) electrons. The first kappa shape index (κ1) is 6.68. The number of rotatable bonds is 7. The van der Waals surface area contributed by atoms with Crippen LogP contribution in [0.1, 0.15) is 57.1 Å². The molecule has 0 spiro atoms. The highest BCUT2D eigenvalue weighted by Gasteiger charge is 2.18. The maximum atomic E-state index is 8.30. The van der Waals surface area contributed by atoms with E-state index in [4.69, 9.17) is 17.1 Å². The van der Waals surface area contributed by atoms with Crippen LogP contribution in [0.25, 0.3) is 5.57 Å². The molecule has 4 nitrogen and oxygen atoms in total. The second kappa shape index (κ2) is 7.60. The SMILES string of the molecule is [2H]C([2H])(CCCCC)Oc1nsnc1C1=CCC([2H])([2H])N(C([2H])([2H])[2H])C1([2H])[2H]. The predicted octanol–water partition coefficient (Wildman–Crippen LogP) is 3.22. The van der Waals surface area contributed by atoms with E-state index in [-0.39, 0.29) is 34.9 Å². The molecule has 0 unspecified atom stereocenters. The van der Waals surface area contributed by atoms with Crippen molar-refractivity contribution >= 4 is 17.3 Å². The molecule has 0 fully saturated rings. The van der Waals surface area contributed by atoms with E-state index in [1.54, 1.807) is 0 Å². The standard InChI is InChI=1S/C14H23N3OS/c1-3-4-5-6-10-18-14-13(15-19-16-14)12-8-7-9-17(2)11-12/h8H,3-7,9-11H2,1-2H3/i2D3,9D2,10D2,11D2. The normalized spacial score (nSPS) is 30.2. The third kappa shape index (κ3) is 4.28. The van der Waals surface area contributed by atoms with Crippen molar-refractivity contribution < 1.29 is 17.1 Å². The molecule has 0 saturated heterocycles. The number of hydrogen-bond donors (Lipinski definition) is 0. The Morgan fingerprint density at radius 2 is 2.47 bits per heavy atom. The van der Waals surface area contributed by atoms with Crippen LogP contribution in [-0.2, 0) is 0 Å². The fraction of sp³-hybridized carbons (Fsp3) is 0.714.